The van der Waals surface area contributed by atoms with Crippen LogP contribution >= 0.6 is 0 Å². The second kappa shape index (κ2) is 13.6. The lowest BCUT2D eigenvalue weighted by Crippen LogP contribution is -2.11. The fraction of sp³-hybridized carbons (Fsp3) is 0.600. The van der Waals surface area contributed by atoms with Crippen molar-refractivity contribution in [1.82, 2.24) is 0 Å². The van der Waals surface area contributed by atoms with Gasteiger partial charge in [-0.25, -0.2) is 0 Å². The summed E-state index contributed by atoms with van der Waals surface area (Å²) in [5, 5.41) is 0. The fourth-order valence-electron chi connectivity index (χ4n) is 2.35. The van der Waals surface area contributed by atoms with Crippen LogP contribution in [0.2, 0.25) is 0 Å². The van der Waals surface area contributed by atoms with Crippen molar-refractivity contribution in [2.75, 3.05) is 13.2 Å². The Labute approximate surface area is 145 Å². The largest absolute Gasteiger partial charge is 0.466 e. The highest BCUT2D eigenvalue weighted by Gasteiger charge is 2.09. The Balaban J connectivity index is 1.96. The van der Waals surface area contributed by atoms with Crippen molar-refractivity contribution in [3.8, 4) is 0 Å². The van der Waals surface area contributed by atoms with Crippen LogP contribution in [0.1, 0.15) is 63.9 Å². The predicted molar refractivity (Wildman–Crippen MR) is 94.7 cm³/mol. The van der Waals surface area contributed by atoms with Gasteiger partial charge < -0.3 is 9.47 Å². The van der Waals surface area contributed by atoms with E-state index in [1.807, 2.05) is 18.2 Å². The van der Waals surface area contributed by atoms with Gasteiger partial charge in [0, 0.05) is 0 Å². The molecule has 0 N–H and O–H groups in total. The third kappa shape index (κ3) is 10.8. The molecule has 134 valence electrons. The first-order valence-corrected chi connectivity index (χ1v) is 9.07. The Morgan fingerprint density at radius 2 is 1.38 bits per heavy atom. The SMILES string of the molecule is CCCCCCCOC(=O)CCC(=O)OCCCc1ccccc1. The second-order valence-electron chi connectivity index (χ2n) is 5.94. The zero-order valence-electron chi connectivity index (χ0n) is 14.8. The summed E-state index contributed by atoms with van der Waals surface area (Å²) in [6, 6.07) is 10.1. The Hall–Kier alpha value is -1.84. The van der Waals surface area contributed by atoms with Crippen molar-refractivity contribution in [2.24, 2.45) is 0 Å². The van der Waals surface area contributed by atoms with Gasteiger partial charge in [-0.2, -0.15) is 0 Å². The summed E-state index contributed by atoms with van der Waals surface area (Å²) in [6.07, 6.45) is 7.47. The maximum absolute atomic E-state index is 11.6. The van der Waals surface area contributed by atoms with Crippen LogP contribution in [0.4, 0.5) is 0 Å². The third-order valence-corrected chi connectivity index (χ3v) is 3.76. The van der Waals surface area contributed by atoms with Crippen LogP contribution < -0.4 is 0 Å². The molecule has 0 saturated heterocycles. The number of unbranched alkanes of at least 4 members (excludes halogenated alkanes) is 4. The minimum absolute atomic E-state index is 0.0972. The molecule has 1 rings (SSSR count). The number of rotatable bonds is 13. The number of esters is 2. The van der Waals surface area contributed by atoms with E-state index in [4.69, 9.17) is 9.47 Å². The molecule has 0 saturated carbocycles. The normalized spacial score (nSPS) is 10.4. The molecule has 0 aliphatic heterocycles. The van der Waals surface area contributed by atoms with Crippen molar-refractivity contribution in [1.29, 1.82) is 0 Å². The summed E-state index contributed by atoms with van der Waals surface area (Å²) in [6.45, 7) is 3.01. The number of benzene rings is 1. The topological polar surface area (TPSA) is 52.6 Å². The Kier molecular flexibility index (Phi) is 11.4. The first-order valence-electron chi connectivity index (χ1n) is 9.07. The number of carbonyl (C=O) groups excluding carboxylic acids is 2. The third-order valence-electron chi connectivity index (χ3n) is 3.76. The van der Waals surface area contributed by atoms with Crippen molar-refractivity contribution in [2.45, 2.75) is 64.7 Å². The van der Waals surface area contributed by atoms with Crippen LogP contribution in [0.5, 0.6) is 0 Å². The van der Waals surface area contributed by atoms with Crippen LogP contribution in [0.15, 0.2) is 30.3 Å². The molecule has 0 bridgehead atoms. The molecule has 0 aromatic heterocycles. The van der Waals surface area contributed by atoms with E-state index < -0.39 is 0 Å². The molecule has 0 aliphatic carbocycles. The van der Waals surface area contributed by atoms with Gasteiger partial charge in [-0.15, -0.1) is 0 Å². The Morgan fingerprint density at radius 3 is 2.00 bits per heavy atom. The monoisotopic (exact) mass is 334 g/mol. The minimum atomic E-state index is -0.331. The van der Waals surface area contributed by atoms with Crippen LogP contribution in [0.25, 0.3) is 0 Å². The fourth-order valence-corrected chi connectivity index (χ4v) is 2.35. The lowest BCUT2D eigenvalue weighted by molar-refractivity contribution is -0.150. The summed E-state index contributed by atoms with van der Waals surface area (Å²) in [7, 11) is 0. The summed E-state index contributed by atoms with van der Waals surface area (Å²) in [5.41, 5.74) is 1.23. The number of aryl methyl sites for hydroxylation is 1. The number of carbonyl (C=O) groups is 2. The van der Waals surface area contributed by atoms with E-state index in [0.29, 0.717) is 13.2 Å². The zero-order chi connectivity index (χ0) is 17.5. The molecule has 0 atom stereocenters. The molecule has 0 amide bonds. The average Bonchev–Trinajstić information content (AvgIpc) is 2.61. The molecule has 0 radical (unpaired) electrons. The van der Waals surface area contributed by atoms with E-state index in [1.165, 1.54) is 24.8 Å². The molecule has 4 nitrogen and oxygen atoms in total. The standard InChI is InChI=1S/C20H30O4/c1-2-3-4-5-9-16-23-19(21)14-15-20(22)24-17-10-13-18-11-7-6-8-12-18/h6-8,11-12H,2-5,9-10,13-17H2,1H3. The van der Waals surface area contributed by atoms with Crippen molar-refractivity contribution in [3.63, 3.8) is 0 Å². The van der Waals surface area contributed by atoms with Gasteiger partial charge in [-0.3, -0.25) is 9.59 Å². The Morgan fingerprint density at radius 1 is 0.792 bits per heavy atom. The van der Waals surface area contributed by atoms with Gasteiger partial charge in [-0.05, 0) is 24.8 Å². The predicted octanol–water partition coefficient (Wildman–Crippen LogP) is 4.46. The van der Waals surface area contributed by atoms with Gasteiger partial charge in [0.15, 0.2) is 0 Å². The number of ether oxygens (including phenoxy) is 2. The Bertz CT molecular complexity index is 456. The number of hydrogen-bond acceptors (Lipinski definition) is 4. The minimum Gasteiger partial charge on any atom is -0.466 e. The molecule has 4 heteroatoms. The molecule has 1 aromatic rings. The van der Waals surface area contributed by atoms with Crippen molar-refractivity contribution < 1.29 is 19.1 Å². The highest BCUT2D eigenvalue weighted by atomic mass is 16.5. The van der Waals surface area contributed by atoms with E-state index in [2.05, 4.69) is 19.1 Å². The van der Waals surface area contributed by atoms with Crippen molar-refractivity contribution in [3.05, 3.63) is 35.9 Å². The quantitative estimate of drug-likeness (QED) is 0.395. The molecule has 0 unspecified atom stereocenters. The average molecular weight is 334 g/mol. The van der Waals surface area contributed by atoms with Crippen LogP contribution in [0, 0.1) is 0 Å². The molecular formula is C20H30O4. The van der Waals surface area contributed by atoms with Gasteiger partial charge in [-0.1, -0.05) is 62.9 Å². The highest BCUT2D eigenvalue weighted by Crippen LogP contribution is 2.05. The summed E-state index contributed by atoms with van der Waals surface area (Å²) in [4.78, 5) is 23.1. The van der Waals surface area contributed by atoms with E-state index in [1.54, 1.807) is 0 Å². The molecular weight excluding hydrogens is 304 g/mol. The molecule has 0 aliphatic rings. The molecule has 0 spiro atoms. The highest BCUT2D eigenvalue weighted by molar-refractivity contribution is 5.77. The maximum atomic E-state index is 11.6. The van der Waals surface area contributed by atoms with Gasteiger partial charge in [0.05, 0.1) is 26.1 Å². The van der Waals surface area contributed by atoms with Crippen LogP contribution in [-0.2, 0) is 25.5 Å². The number of hydrogen-bond donors (Lipinski definition) is 0. The molecule has 1 aromatic carbocycles. The van der Waals surface area contributed by atoms with Crippen LogP contribution in [-0.4, -0.2) is 25.2 Å². The first-order chi connectivity index (χ1) is 11.7. The smallest absolute Gasteiger partial charge is 0.306 e. The van der Waals surface area contributed by atoms with E-state index in [-0.39, 0.29) is 24.8 Å². The van der Waals surface area contributed by atoms with Gasteiger partial charge in [0.2, 0.25) is 0 Å². The van der Waals surface area contributed by atoms with E-state index in [0.717, 1.165) is 25.7 Å². The second-order valence-corrected chi connectivity index (χ2v) is 5.94. The zero-order valence-corrected chi connectivity index (χ0v) is 14.8. The lowest BCUT2D eigenvalue weighted by Gasteiger charge is -2.06. The van der Waals surface area contributed by atoms with Gasteiger partial charge in [0.1, 0.15) is 0 Å². The van der Waals surface area contributed by atoms with E-state index >= 15 is 0 Å². The van der Waals surface area contributed by atoms with Crippen LogP contribution in [0.3, 0.4) is 0 Å². The summed E-state index contributed by atoms with van der Waals surface area (Å²) < 4.78 is 10.2. The summed E-state index contributed by atoms with van der Waals surface area (Å²) >= 11 is 0. The summed E-state index contributed by atoms with van der Waals surface area (Å²) in [5.74, 6) is -0.644. The van der Waals surface area contributed by atoms with Gasteiger partial charge in [0.25, 0.3) is 0 Å². The van der Waals surface area contributed by atoms with Crippen molar-refractivity contribution >= 4 is 11.9 Å². The lowest BCUT2D eigenvalue weighted by atomic mass is 10.1. The first kappa shape index (κ1) is 20.2. The van der Waals surface area contributed by atoms with E-state index in [9.17, 15) is 9.59 Å². The molecule has 24 heavy (non-hydrogen) atoms. The maximum Gasteiger partial charge on any atom is 0.306 e. The molecule has 0 fully saturated rings. The molecule has 0 heterocycles. The van der Waals surface area contributed by atoms with Gasteiger partial charge >= 0.3 is 11.9 Å².